The quantitative estimate of drug-likeness (QED) is 0.756. The molecule has 0 bridgehead atoms. The lowest BCUT2D eigenvalue weighted by Crippen LogP contribution is -2.12. The molecule has 4 heteroatoms. The standard InChI is InChI=1S/C17H16BrNO2/c1-10-8-12(20-2)6-7-13(10)16(19)15-9-11-4-3-5-14(18)17(11)21-15/h3-9,16H,19H2,1-2H3. The smallest absolute Gasteiger partial charge is 0.148 e. The third-order valence-electron chi connectivity index (χ3n) is 3.63. The van der Waals surface area contributed by atoms with Gasteiger partial charge >= 0.3 is 0 Å². The summed E-state index contributed by atoms with van der Waals surface area (Å²) in [5.41, 5.74) is 9.32. The van der Waals surface area contributed by atoms with E-state index in [9.17, 15) is 0 Å². The summed E-state index contributed by atoms with van der Waals surface area (Å²) in [4.78, 5) is 0. The second-order valence-corrected chi connectivity index (χ2v) is 5.86. The first-order valence-corrected chi connectivity index (χ1v) is 7.47. The Balaban J connectivity index is 2.04. The van der Waals surface area contributed by atoms with Crippen LogP contribution in [0.5, 0.6) is 5.75 Å². The van der Waals surface area contributed by atoms with Crippen molar-refractivity contribution in [2.24, 2.45) is 5.73 Å². The Kier molecular flexibility index (Phi) is 3.74. The maximum absolute atomic E-state index is 6.37. The lowest BCUT2D eigenvalue weighted by atomic mass is 9.99. The summed E-state index contributed by atoms with van der Waals surface area (Å²) in [6.07, 6.45) is 0. The molecule has 3 rings (SSSR count). The number of fused-ring (bicyclic) bond motifs is 1. The monoisotopic (exact) mass is 345 g/mol. The number of hydrogen-bond acceptors (Lipinski definition) is 3. The van der Waals surface area contributed by atoms with Crippen molar-refractivity contribution in [2.75, 3.05) is 7.11 Å². The first kappa shape index (κ1) is 14.2. The van der Waals surface area contributed by atoms with Gasteiger partial charge in [-0.2, -0.15) is 0 Å². The normalized spacial score (nSPS) is 12.6. The third-order valence-corrected chi connectivity index (χ3v) is 4.26. The van der Waals surface area contributed by atoms with Gasteiger partial charge in [-0.25, -0.2) is 0 Å². The molecule has 0 amide bonds. The second kappa shape index (κ2) is 5.54. The van der Waals surface area contributed by atoms with E-state index in [1.54, 1.807) is 7.11 Å². The summed E-state index contributed by atoms with van der Waals surface area (Å²) >= 11 is 3.50. The van der Waals surface area contributed by atoms with E-state index in [0.29, 0.717) is 0 Å². The van der Waals surface area contributed by atoms with Crippen molar-refractivity contribution in [3.8, 4) is 5.75 Å². The molecule has 1 atom stereocenters. The van der Waals surface area contributed by atoms with Crippen molar-refractivity contribution in [3.05, 3.63) is 63.8 Å². The van der Waals surface area contributed by atoms with E-state index < -0.39 is 0 Å². The zero-order valence-corrected chi connectivity index (χ0v) is 13.5. The first-order chi connectivity index (χ1) is 10.1. The molecule has 0 aliphatic carbocycles. The van der Waals surface area contributed by atoms with Gasteiger partial charge in [-0.05, 0) is 58.2 Å². The minimum Gasteiger partial charge on any atom is -0.497 e. The summed E-state index contributed by atoms with van der Waals surface area (Å²) in [5.74, 6) is 1.58. The molecule has 1 aromatic heterocycles. The summed E-state index contributed by atoms with van der Waals surface area (Å²) in [6.45, 7) is 2.02. The summed E-state index contributed by atoms with van der Waals surface area (Å²) in [6, 6.07) is 13.5. The average molecular weight is 346 g/mol. The summed E-state index contributed by atoms with van der Waals surface area (Å²) in [5, 5.41) is 1.04. The minimum atomic E-state index is -0.296. The molecule has 0 fully saturated rings. The van der Waals surface area contributed by atoms with Gasteiger partial charge in [0.05, 0.1) is 17.6 Å². The van der Waals surface area contributed by atoms with Crippen LogP contribution >= 0.6 is 15.9 Å². The number of benzene rings is 2. The number of hydrogen-bond donors (Lipinski definition) is 1. The van der Waals surface area contributed by atoms with Gasteiger partial charge < -0.3 is 14.9 Å². The van der Waals surface area contributed by atoms with Crippen LogP contribution in [0.1, 0.15) is 22.9 Å². The molecule has 108 valence electrons. The van der Waals surface area contributed by atoms with Gasteiger partial charge in [0.2, 0.25) is 0 Å². The highest BCUT2D eigenvalue weighted by Crippen LogP contribution is 2.32. The van der Waals surface area contributed by atoms with Gasteiger partial charge in [-0.1, -0.05) is 18.2 Å². The molecule has 0 saturated heterocycles. The number of halogens is 1. The van der Waals surface area contributed by atoms with Gasteiger partial charge in [0.1, 0.15) is 17.1 Å². The highest BCUT2D eigenvalue weighted by Gasteiger charge is 2.17. The number of para-hydroxylation sites is 1. The number of ether oxygens (including phenoxy) is 1. The van der Waals surface area contributed by atoms with E-state index in [0.717, 1.165) is 38.1 Å². The van der Waals surface area contributed by atoms with Crippen LogP contribution in [0, 0.1) is 6.92 Å². The van der Waals surface area contributed by atoms with Crippen LogP contribution in [-0.2, 0) is 0 Å². The van der Waals surface area contributed by atoms with Crippen molar-refractivity contribution in [2.45, 2.75) is 13.0 Å². The molecule has 2 N–H and O–H groups in total. The first-order valence-electron chi connectivity index (χ1n) is 6.68. The van der Waals surface area contributed by atoms with Crippen LogP contribution in [-0.4, -0.2) is 7.11 Å². The molecule has 0 spiro atoms. The predicted octanol–water partition coefficient (Wildman–Crippen LogP) is 4.56. The number of aryl methyl sites for hydroxylation is 1. The Morgan fingerprint density at radius 2 is 2.00 bits per heavy atom. The van der Waals surface area contributed by atoms with Crippen molar-refractivity contribution in [1.82, 2.24) is 0 Å². The Morgan fingerprint density at radius 1 is 1.19 bits per heavy atom. The molecular weight excluding hydrogens is 330 g/mol. The molecule has 0 saturated carbocycles. The average Bonchev–Trinajstić information content (AvgIpc) is 2.92. The second-order valence-electron chi connectivity index (χ2n) is 5.01. The fourth-order valence-corrected chi connectivity index (χ4v) is 2.94. The van der Waals surface area contributed by atoms with Gasteiger partial charge in [0.25, 0.3) is 0 Å². The van der Waals surface area contributed by atoms with E-state index in [1.807, 2.05) is 49.4 Å². The van der Waals surface area contributed by atoms with E-state index in [4.69, 9.17) is 14.9 Å². The Labute approximate surface area is 131 Å². The third kappa shape index (κ3) is 2.57. The molecule has 0 aliphatic rings. The highest BCUT2D eigenvalue weighted by atomic mass is 79.9. The van der Waals surface area contributed by atoms with Gasteiger partial charge in [-0.15, -0.1) is 0 Å². The molecule has 0 aliphatic heterocycles. The molecule has 1 unspecified atom stereocenters. The molecule has 0 radical (unpaired) electrons. The van der Waals surface area contributed by atoms with Gasteiger partial charge in [0, 0.05) is 5.39 Å². The van der Waals surface area contributed by atoms with Gasteiger partial charge in [0.15, 0.2) is 0 Å². The van der Waals surface area contributed by atoms with Crippen molar-refractivity contribution in [3.63, 3.8) is 0 Å². The topological polar surface area (TPSA) is 48.4 Å². The van der Waals surface area contributed by atoms with Crippen LogP contribution in [0.4, 0.5) is 0 Å². The van der Waals surface area contributed by atoms with E-state index in [1.165, 1.54) is 0 Å². The zero-order valence-electron chi connectivity index (χ0n) is 11.9. The lowest BCUT2D eigenvalue weighted by molar-refractivity contribution is 0.414. The number of rotatable bonds is 3. The van der Waals surface area contributed by atoms with Crippen LogP contribution < -0.4 is 10.5 Å². The van der Waals surface area contributed by atoms with Crippen LogP contribution in [0.3, 0.4) is 0 Å². The predicted molar refractivity (Wildman–Crippen MR) is 87.7 cm³/mol. The molecule has 2 aromatic carbocycles. The number of furan rings is 1. The van der Waals surface area contributed by atoms with Crippen LogP contribution in [0.15, 0.2) is 51.4 Å². The Bertz CT molecular complexity index is 795. The molecule has 1 heterocycles. The zero-order chi connectivity index (χ0) is 15.0. The summed E-state index contributed by atoms with van der Waals surface area (Å²) < 4.78 is 12.1. The fourth-order valence-electron chi connectivity index (χ4n) is 2.48. The highest BCUT2D eigenvalue weighted by molar-refractivity contribution is 9.10. The van der Waals surface area contributed by atoms with Crippen molar-refractivity contribution < 1.29 is 9.15 Å². The van der Waals surface area contributed by atoms with Crippen molar-refractivity contribution in [1.29, 1.82) is 0 Å². The van der Waals surface area contributed by atoms with E-state index >= 15 is 0 Å². The lowest BCUT2D eigenvalue weighted by Gasteiger charge is -2.13. The van der Waals surface area contributed by atoms with Gasteiger partial charge in [-0.3, -0.25) is 0 Å². The molecular formula is C17H16BrNO2. The maximum atomic E-state index is 6.37. The number of nitrogens with two attached hydrogens (primary N) is 1. The maximum Gasteiger partial charge on any atom is 0.148 e. The van der Waals surface area contributed by atoms with E-state index in [2.05, 4.69) is 15.9 Å². The minimum absolute atomic E-state index is 0.296. The number of methoxy groups -OCH3 is 1. The largest absolute Gasteiger partial charge is 0.497 e. The summed E-state index contributed by atoms with van der Waals surface area (Å²) in [7, 11) is 1.66. The Morgan fingerprint density at radius 3 is 2.67 bits per heavy atom. The van der Waals surface area contributed by atoms with Crippen LogP contribution in [0.25, 0.3) is 11.0 Å². The Hall–Kier alpha value is -1.78. The molecule has 3 aromatic rings. The van der Waals surface area contributed by atoms with Crippen LogP contribution in [0.2, 0.25) is 0 Å². The van der Waals surface area contributed by atoms with Crippen molar-refractivity contribution >= 4 is 26.9 Å². The SMILES string of the molecule is COc1ccc(C(N)c2cc3cccc(Br)c3o2)c(C)c1. The van der Waals surface area contributed by atoms with E-state index in [-0.39, 0.29) is 6.04 Å². The molecule has 21 heavy (non-hydrogen) atoms. The fraction of sp³-hybridized carbons (Fsp3) is 0.176. The molecule has 3 nitrogen and oxygen atoms in total.